The minimum Gasteiger partial charge on any atom is -0.496 e. The second kappa shape index (κ2) is 6.43. The van der Waals surface area contributed by atoms with E-state index in [9.17, 15) is 0 Å². The van der Waals surface area contributed by atoms with Gasteiger partial charge in [0.15, 0.2) is 0 Å². The summed E-state index contributed by atoms with van der Waals surface area (Å²) in [7, 11) is 3.30. The third kappa shape index (κ3) is 3.18. The van der Waals surface area contributed by atoms with Crippen LogP contribution in [0.4, 0.5) is 0 Å². The largest absolute Gasteiger partial charge is 0.496 e. The molecule has 0 bridgehead atoms. The minimum absolute atomic E-state index is 0.0676. The first-order valence-electron chi connectivity index (χ1n) is 6.09. The van der Waals surface area contributed by atoms with Crippen molar-refractivity contribution in [3.05, 3.63) is 22.2 Å². The van der Waals surface area contributed by atoms with Crippen LogP contribution in [0.5, 0.6) is 11.5 Å². The standard InChI is InChI=1S/C14H22BrNO2/c1-8(2)9(3)14(16)10-6-13(18-5)11(15)7-12(10)17-4/h6-9,14H,16H2,1-5H3. The first-order chi connectivity index (χ1) is 8.42. The van der Waals surface area contributed by atoms with E-state index in [1.807, 2.05) is 12.1 Å². The van der Waals surface area contributed by atoms with Crippen molar-refractivity contribution in [2.24, 2.45) is 17.6 Å². The fraction of sp³-hybridized carbons (Fsp3) is 0.571. The monoisotopic (exact) mass is 315 g/mol. The first-order valence-corrected chi connectivity index (χ1v) is 6.88. The molecule has 0 heterocycles. The van der Waals surface area contributed by atoms with Gasteiger partial charge in [-0.2, -0.15) is 0 Å². The zero-order valence-electron chi connectivity index (χ0n) is 11.7. The maximum atomic E-state index is 6.34. The molecule has 3 nitrogen and oxygen atoms in total. The Morgan fingerprint density at radius 2 is 1.61 bits per heavy atom. The second-order valence-corrected chi connectivity index (χ2v) is 5.71. The lowest BCUT2D eigenvalue weighted by Crippen LogP contribution is -2.23. The maximum absolute atomic E-state index is 6.34. The fourth-order valence-electron chi connectivity index (χ4n) is 1.84. The number of halogens is 1. The van der Waals surface area contributed by atoms with Gasteiger partial charge in [-0.25, -0.2) is 0 Å². The summed E-state index contributed by atoms with van der Waals surface area (Å²) >= 11 is 3.45. The molecule has 0 aliphatic heterocycles. The van der Waals surface area contributed by atoms with Gasteiger partial charge in [0.2, 0.25) is 0 Å². The molecule has 0 amide bonds. The van der Waals surface area contributed by atoms with Crippen LogP contribution in [-0.4, -0.2) is 14.2 Å². The van der Waals surface area contributed by atoms with E-state index >= 15 is 0 Å². The molecule has 0 aromatic heterocycles. The fourth-order valence-corrected chi connectivity index (χ4v) is 2.33. The molecule has 1 aromatic carbocycles. The first kappa shape index (κ1) is 15.3. The third-order valence-corrected chi connectivity index (χ3v) is 4.10. The molecule has 0 radical (unpaired) electrons. The molecular weight excluding hydrogens is 294 g/mol. The quantitative estimate of drug-likeness (QED) is 0.899. The zero-order valence-corrected chi connectivity index (χ0v) is 13.2. The minimum atomic E-state index is -0.0676. The molecule has 2 unspecified atom stereocenters. The van der Waals surface area contributed by atoms with E-state index in [2.05, 4.69) is 36.7 Å². The Hall–Kier alpha value is -0.740. The van der Waals surface area contributed by atoms with E-state index in [0.29, 0.717) is 11.8 Å². The van der Waals surface area contributed by atoms with Gasteiger partial charge in [0.1, 0.15) is 11.5 Å². The van der Waals surface area contributed by atoms with Crippen molar-refractivity contribution in [1.82, 2.24) is 0 Å². The summed E-state index contributed by atoms with van der Waals surface area (Å²) in [5, 5.41) is 0. The number of ether oxygens (including phenoxy) is 2. The van der Waals surface area contributed by atoms with Gasteiger partial charge in [0.05, 0.1) is 18.7 Å². The topological polar surface area (TPSA) is 44.5 Å². The van der Waals surface area contributed by atoms with Crippen LogP contribution < -0.4 is 15.2 Å². The number of benzene rings is 1. The summed E-state index contributed by atoms with van der Waals surface area (Å²) in [5.74, 6) is 2.45. The van der Waals surface area contributed by atoms with E-state index < -0.39 is 0 Å². The van der Waals surface area contributed by atoms with Crippen molar-refractivity contribution in [3.63, 3.8) is 0 Å². The van der Waals surface area contributed by atoms with Crippen molar-refractivity contribution in [3.8, 4) is 11.5 Å². The highest BCUT2D eigenvalue weighted by Gasteiger charge is 2.22. The van der Waals surface area contributed by atoms with Crippen molar-refractivity contribution < 1.29 is 9.47 Å². The number of methoxy groups -OCH3 is 2. The molecule has 0 aliphatic carbocycles. The van der Waals surface area contributed by atoms with Crippen LogP contribution in [0, 0.1) is 11.8 Å². The molecule has 1 aromatic rings. The van der Waals surface area contributed by atoms with Crippen LogP contribution in [0.1, 0.15) is 32.4 Å². The van der Waals surface area contributed by atoms with Crippen LogP contribution >= 0.6 is 15.9 Å². The van der Waals surface area contributed by atoms with Crippen molar-refractivity contribution in [2.45, 2.75) is 26.8 Å². The third-order valence-electron chi connectivity index (χ3n) is 3.48. The van der Waals surface area contributed by atoms with Gasteiger partial charge in [-0.1, -0.05) is 20.8 Å². The van der Waals surface area contributed by atoms with E-state index in [1.54, 1.807) is 14.2 Å². The smallest absolute Gasteiger partial charge is 0.133 e. The molecule has 0 saturated carbocycles. The van der Waals surface area contributed by atoms with E-state index in [4.69, 9.17) is 15.2 Å². The Kier molecular flexibility index (Phi) is 5.47. The molecule has 1 rings (SSSR count). The van der Waals surface area contributed by atoms with Crippen LogP contribution in [0.15, 0.2) is 16.6 Å². The highest BCUT2D eigenvalue weighted by atomic mass is 79.9. The Labute approximate surface area is 118 Å². The molecule has 2 atom stereocenters. The predicted octanol–water partition coefficient (Wildman–Crippen LogP) is 3.76. The summed E-state index contributed by atoms with van der Waals surface area (Å²) < 4.78 is 11.6. The number of nitrogens with two attached hydrogens (primary N) is 1. The Morgan fingerprint density at radius 1 is 1.06 bits per heavy atom. The van der Waals surface area contributed by atoms with Gasteiger partial charge in [-0.3, -0.25) is 0 Å². The number of hydrogen-bond acceptors (Lipinski definition) is 3. The molecule has 102 valence electrons. The van der Waals surface area contributed by atoms with Gasteiger partial charge >= 0.3 is 0 Å². The highest BCUT2D eigenvalue weighted by Crippen LogP contribution is 2.38. The van der Waals surface area contributed by atoms with Crippen molar-refractivity contribution >= 4 is 15.9 Å². The molecule has 0 aliphatic rings. The Bertz CT molecular complexity index is 407. The lowest BCUT2D eigenvalue weighted by molar-refractivity contribution is 0.335. The summed E-state index contributed by atoms with van der Waals surface area (Å²) in [5.41, 5.74) is 7.32. The maximum Gasteiger partial charge on any atom is 0.133 e. The van der Waals surface area contributed by atoms with E-state index in [0.717, 1.165) is 21.5 Å². The Balaban J connectivity index is 3.21. The summed E-state index contributed by atoms with van der Waals surface area (Å²) in [4.78, 5) is 0. The summed E-state index contributed by atoms with van der Waals surface area (Å²) in [6, 6.07) is 3.79. The zero-order chi connectivity index (χ0) is 13.9. The number of hydrogen-bond donors (Lipinski definition) is 1. The van der Waals surface area contributed by atoms with Crippen molar-refractivity contribution in [2.75, 3.05) is 14.2 Å². The predicted molar refractivity (Wildman–Crippen MR) is 78.2 cm³/mol. The van der Waals surface area contributed by atoms with Crippen LogP contribution in [0.2, 0.25) is 0 Å². The van der Waals surface area contributed by atoms with Gasteiger partial charge in [0.25, 0.3) is 0 Å². The Morgan fingerprint density at radius 3 is 2.06 bits per heavy atom. The lowest BCUT2D eigenvalue weighted by atomic mass is 9.86. The van der Waals surface area contributed by atoms with Crippen LogP contribution in [-0.2, 0) is 0 Å². The molecule has 0 saturated heterocycles. The number of rotatable bonds is 5. The molecule has 0 fully saturated rings. The highest BCUT2D eigenvalue weighted by molar-refractivity contribution is 9.10. The summed E-state index contributed by atoms with van der Waals surface area (Å²) in [6.45, 7) is 6.50. The molecule has 4 heteroatoms. The summed E-state index contributed by atoms with van der Waals surface area (Å²) in [6.07, 6.45) is 0. The van der Waals surface area contributed by atoms with Gasteiger partial charge in [-0.15, -0.1) is 0 Å². The normalized spacial score (nSPS) is 14.4. The molecule has 2 N–H and O–H groups in total. The van der Waals surface area contributed by atoms with Crippen LogP contribution in [0.3, 0.4) is 0 Å². The van der Waals surface area contributed by atoms with E-state index in [1.165, 1.54) is 0 Å². The molecule has 0 spiro atoms. The second-order valence-electron chi connectivity index (χ2n) is 4.86. The molecule has 18 heavy (non-hydrogen) atoms. The average Bonchev–Trinajstić information content (AvgIpc) is 2.36. The van der Waals surface area contributed by atoms with Gasteiger partial charge < -0.3 is 15.2 Å². The molecular formula is C14H22BrNO2. The van der Waals surface area contributed by atoms with Crippen LogP contribution in [0.25, 0.3) is 0 Å². The van der Waals surface area contributed by atoms with Gasteiger partial charge in [-0.05, 0) is 39.9 Å². The SMILES string of the molecule is COc1cc(C(N)C(C)C(C)C)c(OC)cc1Br. The van der Waals surface area contributed by atoms with Gasteiger partial charge in [0, 0.05) is 11.6 Å². The average molecular weight is 316 g/mol. The van der Waals surface area contributed by atoms with Crippen molar-refractivity contribution in [1.29, 1.82) is 0 Å². The van der Waals surface area contributed by atoms with E-state index in [-0.39, 0.29) is 6.04 Å². The lowest BCUT2D eigenvalue weighted by Gasteiger charge is -2.25.